The van der Waals surface area contributed by atoms with E-state index in [0.717, 1.165) is 0 Å². The Bertz CT molecular complexity index is 223. The first-order valence-corrected chi connectivity index (χ1v) is 4.51. The molecule has 1 heterocycles. The van der Waals surface area contributed by atoms with E-state index in [2.05, 4.69) is 4.98 Å². The molecule has 0 fully saturated rings. The van der Waals surface area contributed by atoms with Crippen molar-refractivity contribution in [2.24, 2.45) is 5.73 Å². The molecule has 1 aromatic rings. The van der Waals surface area contributed by atoms with Crippen molar-refractivity contribution in [3.05, 3.63) is 16.6 Å². The van der Waals surface area contributed by atoms with Crippen molar-refractivity contribution in [3.8, 4) is 0 Å². The Morgan fingerprint density at radius 1 is 1.90 bits per heavy atom. The maximum atomic E-state index is 10.4. The largest absolute Gasteiger partial charge is 0.310 e. The Kier molecular flexibility index (Phi) is 2.50. The van der Waals surface area contributed by atoms with Gasteiger partial charge in [0.2, 0.25) is 0 Å². The second kappa shape index (κ2) is 3.20. The van der Waals surface area contributed by atoms with E-state index < -0.39 is 16.5 Å². The fraction of sp³-hybridized carbons (Fsp3) is 0.250. The van der Waals surface area contributed by atoms with Gasteiger partial charge >= 0.3 is 0 Å². The molecule has 0 aliphatic carbocycles. The normalized spacial score (nSPS) is 16.6. The van der Waals surface area contributed by atoms with E-state index in [-0.39, 0.29) is 0 Å². The Morgan fingerprint density at radius 3 is 3.00 bits per heavy atom. The molecule has 0 saturated heterocycles. The number of nitrogens with two attached hydrogens (primary N) is 1. The van der Waals surface area contributed by atoms with Crippen LogP contribution in [-0.4, -0.2) is 13.7 Å². The Hall–Kier alpha value is -0.300. The molecule has 0 amide bonds. The first-order chi connectivity index (χ1) is 4.72. The van der Waals surface area contributed by atoms with Crippen LogP contribution in [0.5, 0.6) is 0 Å². The number of thiazole rings is 1. The minimum Gasteiger partial charge on any atom is -0.310 e. The highest BCUT2D eigenvalue weighted by Crippen LogP contribution is 2.14. The smallest absolute Gasteiger partial charge is 0.177 e. The summed E-state index contributed by atoms with van der Waals surface area (Å²) in [6, 6.07) is 0. The molecule has 1 aromatic heterocycles. The first-order valence-electron chi connectivity index (χ1n) is 2.46. The van der Waals surface area contributed by atoms with Gasteiger partial charge in [-0.2, -0.15) is 0 Å². The molecule has 0 aromatic carbocycles. The zero-order chi connectivity index (χ0) is 7.56. The summed E-state index contributed by atoms with van der Waals surface area (Å²) in [5, 5.41) is 1.34. The van der Waals surface area contributed by atoms with E-state index in [4.69, 9.17) is 10.3 Å². The summed E-state index contributed by atoms with van der Waals surface area (Å²) in [4.78, 5) is 3.78. The summed E-state index contributed by atoms with van der Waals surface area (Å²) in [5.41, 5.74) is 5.28. The van der Waals surface area contributed by atoms with E-state index in [0.29, 0.717) is 5.01 Å². The van der Waals surface area contributed by atoms with E-state index in [1.807, 2.05) is 0 Å². The third-order valence-electron chi connectivity index (χ3n) is 0.912. The summed E-state index contributed by atoms with van der Waals surface area (Å²) in [5.74, 6) is 0. The monoisotopic (exact) mass is 178 g/mol. The maximum Gasteiger partial charge on any atom is 0.177 e. The van der Waals surface area contributed by atoms with E-state index in [1.54, 1.807) is 11.6 Å². The summed E-state index contributed by atoms with van der Waals surface area (Å²) in [7, 11) is 0. The summed E-state index contributed by atoms with van der Waals surface area (Å²) in [6.45, 7) is 0. The van der Waals surface area contributed by atoms with Gasteiger partial charge in [0.05, 0.1) is 0 Å². The SMILES string of the molecule is NC(c1nccs1)S(=O)O. The van der Waals surface area contributed by atoms with Crippen LogP contribution in [0.2, 0.25) is 0 Å². The van der Waals surface area contributed by atoms with Crippen molar-refractivity contribution in [3.63, 3.8) is 0 Å². The van der Waals surface area contributed by atoms with Gasteiger partial charge in [-0.1, -0.05) is 0 Å². The van der Waals surface area contributed by atoms with E-state index >= 15 is 0 Å². The molecule has 2 unspecified atom stereocenters. The van der Waals surface area contributed by atoms with Gasteiger partial charge in [-0.15, -0.1) is 11.3 Å². The van der Waals surface area contributed by atoms with Crippen LogP contribution in [0.15, 0.2) is 11.6 Å². The van der Waals surface area contributed by atoms with E-state index in [1.165, 1.54) is 11.3 Å². The highest BCUT2D eigenvalue weighted by molar-refractivity contribution is 7.79. The molecule has 0 aliphatic heterocycles. The first kappa shape index (κ1) is 7.80. The minimum atomic E-state index is -2.01. The second-order valence-corrected chi connectivity index (χ2v) is 3.55. The van der Waals surface area contributed by atoms with Crippen LogP contribution in [-0.2, 0) is 11.1 Å². The lowest BCUT2D eigenvalue weighted by Gasteiger charge is -1.99. The molecule has 0 radical (unpaired) electrons. The number of aromatic nitrogens is 1. The van der Waals surface area contributed by atoms with Crippen molar-refractivity contribution in [2.75, 3.05) is 0 Å². The van der Waals surface area contributed by atoms with Crippen molar-refractivity contribution < 1.29 is 8.76 Å². The zero-order valence-corrected chi connectivity index (χ0v) is 6.56. The fourth-order valence-electron chi connectivity index (χ4n) is 0.461. The molecular weight excluding hydrogens is 172 g/mol. The van der Waals surface area contributed by atoms with Crippen LogP contribution in [0.1, 0.15) is 10.4 Å². The molecule has 0 spiro atoms. The molecule has 10 heavy (non-hydrogen) atoms. The molecule has 0 aliphatic rings. The Morgan fingerprint density at radius 2 is 2.60 bits per heavy atom. The van der Waals surface area contributed by atoms with Gasteiger partial charge in [0, 0.05) is 11.6 Å². The lowest BCUT2D eigenvalue weighted by Crippen LogP contribution is -2.14. The van der Waals surface area contributed by atoms with Gasteiger partial charge in [0.15, 0.2) is 16.5 Å². The predicted molar refractivity (Wildman–Crippen MR) is 39.8 cm³/mol. The topological polar surface area (TPSA) is 76.2 Å². The van der Waals surface area contributed by atoms with E-state index in [9.17, 15) is 4.21 Å². The third kappa shape index (κ3) is 1.60. The Balaban J connectivity index is 2.77. The molecule has 1 rings (SSSR count). The molecule has 0 bridgehead atoms. The molecular formula is C4H6N2O2S2. The van der Waals surface area contributed by atoms with Crippen LogP contribution in [0.25, 0.3) is 0 Å². The van der Waals surface area contributed by atoms with Crippen LogP contribution in [0, 0.1) is 0 Å². The molecule has 2 atom stereocenters. The molecule has 4 nitrogen and oxygen atoms in total. The Labute approximate surface area is 64.4 Å². The number of nitrogens with zero attached hydrogens (tertiary/aromatic N) is 1. The lowest BCUT2D eigenvalue weighted by molar-refractivity contribution is 0.551. The zero-order valence-electron chi connectivity index (χ0n) is 4.93. The van der Waals surface area contributed by atoms with Crippen LogP contribution >= 0.6 is 11.3 Å². The lowest BCUT2D eigenvalue weighted by atomic mass is 10.7. The molecule has 6 heteroatoms. The average molecular weight is 178 g/mol. The fourth-order valence-corrected chi connectivity index (χ4v) is 1.63. The number of hydrogen-bond donors (Lipinski definition) is 2. The highest BCUT2D eigenvalue weighted by atomic mass is 32.2. The molecule has 0 saturated carbocycles. The van der Waals surface area contributed by atoms with Crippen molar-refractivity contribution in [1.82, 2.24) is 4.98 Å². The maximum absolute atomic E-state index is 10.4. The van der Waals surface area contributed by atoms with Gasteiger partial charge in [0.25, 0.3) is 0 Å². The second-order valence-electron chi connectivity index (χ2n) is 1.57. The van der Waals surface area contributed by atoms with Crippen molar-refractivity contribution >= 4 is 22.4 Å². The van der Waals surface area contributed by atoms with Crippen molar-refractivity contribution in [1.29, 1.82) is 0 Å². The summed E-state index contributed by atoms with van der Waals surface area (Å²) < 4.78 is 18.9. The van der Waals surface area contributed by atoms with Crippen LogP contribution in [0.3, 0.4) is 0 Å². The van der Waals surface area contributed by atoms with Crippen LogP contribution < -0.4 is 5.73 Å². The average Bonchev–Trinajstić information content (AvgIpc) is 2.36. The van der Waals surface area contributed by atoms with Gasteiger partial charge < -0.3 is 10.3 Å². The van der Waals surface area contributed by atoms with Gasteiger partial charge in [-0.25, -0.2) is 9.19 Å². The standard InChI is InChI=1S/C4H6N2O2S2/c5-3(10(7)8)4-6-1-2-9-4/h1-3H,5H2,(H,7,8). The minimum absolute atomic E-state index is 0.487. The summed E-state index contributed by atoms with van der Waals surface area (Å²) >= 11 is -0.744. The van der Waals surface area contributed by atoms with Crippen LogP contribution in [0.4, 0.5) is 0 Å². The number of rotatable bonds is 2. The molecule has 56 valence electrons. The number of hydrogen-bond acceptors (Lipinski definition) is 4. The summed E-state index contributed by atoms with van der Waals surface area (Å²) in [6.07, 6.45) is 1.55. The predicted octanol–water partition coefficient (Wildman–Crippen LogP) is 0.322. The van der Waals surface area contributed by atoms with Gasteiger partial charge in [0.1, 0.15) is 5.01 Å². The molecule has 3 N–H and O–H groups in total. The van der Waals surface area contributed by atoms with Crippen molar-refractivity contribution in [2.45, 2.75) is 5.37 Å². The van der Waals surface area contributed by atoms with Gasteiger partial charge in [-0.3, -0.25) is 0 Å². The van der Waals surface area contributed by atoms with Gasteiger partial charge in [-0.05, 0) is 0 Å². The third-order valence-corrected chi connectivity index (χ3v) is 2.58. The quantitative estimate of drug-likeness (QED) is 0.639. The highest BCUT2D eigenvalue weighted by Gasteiger charge is 2.13.